The number of para-hydroxylation sites is 1. The van der Waals surface area contributed by atoms with Gasteiger partial charge in [0.15, 0.2) is 0 Å². The van der Waals surface area contributed by atoms with Gasteiger partial charge in [0.2, 0.25) is 5.82 Å². The molecule has 5 heteroatoms. The van der Waals surface area contributed by atoms with Gasteiger partial charge in [-0.15, -0.1) is 15.0 Å². The van der Waals surface area contributed by atoms with Crippen LogP contribution in [0.1, 0.15) is 12.7 Å². The van der Waals surface area contributed by atoms with Crippen molar-refractivity contribution in [3.8, 4) is 5.69 Å². The second-order valence-electron chi connectivity index (χ2n) is 3.76. The number of hydrogen-bond acceptors (Lipinski definition) is 4. The first kappa shape index (κ1) is 12.9. The van der Waals surface area contributed by atoms with E-state index >= 15 is 0 Å². The summed E-state index contributed by atoms with van der Waals surface area (Å²) >= 11 is 0. The zero-order valence-electron chi connectivity index (χ0n) is 10.8. The molecule has 19 heavy (non-hydrogen) atoms. The summed E-state index contributed by atoms with van der Waals surface area (Å²) in [5, 5.41) is 12.5. The molecule has 5 nitrogen and oxygen atoms in total. The highest BCUT2D eigenvalue weighted by Gasteiger charge is 2.08. The Bertz CT molecular complexity index is 595. The smallest absolute Gasteiger partial charge is 0.203 e. The summed E-state index contributed by atoms with van der Waals surface area (Å²) in [6.45, 7) is 6.08. The lowest BCUT2D eigenvalue weighted by Gasteiger charge is -1.97. The summed E-state index contributed by atoms with van der Waals surface area (Å²) in [5.74, 6) is 0.564. The average molecular weight is 253 g/mol. The van der Waals surface area contributed by atoms with Crippen LogP contribution in [0.4, 0.5) is 0 Å². The zero-order valence-corrected chi connectivity index (χ0v) is 10.8. The Balaban J connectivity index is 2.29. The van der Waals surface area contributed by atoms with Crippen molar-refractivity contribution in [1.29, 1.82) is 0 Å². The fourth-order valence-electron chi connectivity index (χ4n) is 1.54. The van der Waals surface area contributed by atoms with Crippen molar-refractivity contribution in [2.24, 2.45) is 4.99 Å². The summed E-state index contributed by atoms with van der Waals surface area (Å²) in [7, 11) is 0. The molecule has 0 aliphatic rings. The largest absolute Gasteiger partial charge is 0.293 e. The molecule has 0 N–H and O–H groups in total. The molecule has 0 aliphatic heterocycles. The van der Waals surface area contributed by atoms with Crippen LogP contribution in [0.3, 0.4) is 0 Å². The van der Waals surface area contributed by atoms with Crippen molar-refractivity contribution >= 4 is 11.8 Å². The molecule has 0 amide bonds. The summed E-state index contributed by atoms with van der Waals surface area (Å²) in [6.07, 6.45) is 5.29. The van der Waals surface area contributed by atoms with Crippen molar-refractivity contribution in [1.82, 2.24) is 20.2 Å². The van der Waals surface area contributed by atoms with Gasteiger partial charge < -0.3 is 0 Å². The van der Waals surface area contributed by atoms with E-state index in [0.717, 1.165) is 11.3 Å². The summed E-state index contributed by atoms with van der Waals surface area (Å²) < 4.78 is 0. The van der Waals surface area contributed by atoms with Gasteiger partial charge in [-0.2, -0.15) is 0 Å². The van der Waals surface area contributed by atoms with Gasteiger partial charge in [0.05, 0.1) is 12.2 Å². The lowest BCUT2D eigenvalue weighted by Crippen LogP contribution is -1.99. The number of nitrogens with zero attached hydrogens (tertiary/aromatic N) is 5. The lowest BCUT2D eigenvalue weighted by atomic mass is 10.2. The lowest BCUT2D eigenvalue weighted by molar-refractivity contribution is 0.719. The fraction of sp³-hybridized carbons (Fsp3) is 0.143. The number of aliphatic imine (C=N–C) groups is 1. The number of benzene rings is 1. The monoisotopic (exact) mass is 253 g/mol. The molecule has 2 aromatic rings. The summed E-state index contributed by atoms with van der Waals surface area (Å²) in [5.41, 5.74) is 1.76. The highest BCUT2D eigenvalue weighted by atomic mass is 15.6. The Labute approximate surface area is 112 Å². The first-order chi connectivity index (χ1) is 9.35. The minimum Gasteiger partial charge on any atom is -0.293 e. The second-order valence-corrected chi connectivity index (χ2v) is 3.76. The van der Waals surface area contributed by atoms with Crippen LogP contribution in [-0.4, -0.2) is 33.0 Å². The maximum absolute atomic E-state index is 4.36. The molecular weight excluding hydrogens is 238 g/mol. The van der Waals surface area contributed by atoms with Gasteiger partial charge in [-0.3, -0.25) is 4.99 Å². The summed E-state index contributed by atoms with van der Waals surface area (Å²) in [6, 6.07) is 9.65. The molecule has 1 heterocycles. The summed E-state index contributed by atoms with van der Waals surface area (Å²) in [4.78, 5) is 5.69. The van der Waals surface area contributed by atoms with Crippen LogP contribution >= 0.6 is 0 Å². The molecule has 0 fully saturated rings. The minimum absolute atomic E-state index is 0.517. The Kier molecular flexibility index (Phi) is 4.34. The molecule has 0 atom stereocenters. The third-order valence-corrected chi connectivity index (χ3v) is 2.45. The van der Waals surface area contributed by atoms with Crippen molar-refractivity contribution in [3.05, 3.63) is 54.9 Å². The molecule has 2 rings (SSSR count). The number of rotatable bonds is 5. The standard InChI is InChI=1S/C14H15N5/c1-3-8-12(11-15-4-2)14-16-18-19(17-14)13-9-6-5-7-10-13/h3-10H,1,11H2,2H3/b12-8+,15-4?. The van der Waals surface area contributed by atoms with E-state index < -0.39 is 0 Å². The maximum atomic E-state index is 4.36. The Morgan fingerprint density at radius 1 is 1.37 bits per heavy atom. The van der Waals surface area contributed by atoms with Crippen LogP contribution in [0.25, 0.3) is 11.3 Å². The SMILES string of the molecule is C=C/C=C(\CN=CC)c1nnn(-c2ccccc2)n1. The predicted molar refractivity (Wildman–Crippen MR) is 76.4 cm³/mol. The zero-order chi connectivity index (χ0) is 13.5. The van der Waals surface area contributed by atoms with Gasteiger partial charge in [-0.05, 0) is 30.5 Å². The third-order valence-electron chi connectivity index (χ3n) is 2.45. The molecule has 0 unspecified atom stereocenters. The van der Waals surface area contributed by atoms with Crippen LogP contribution in [0.5, 0.6) is 0 Å². The number of hydrogen-bond donors (Lipinski definition) is 0. The van der Waals surface area contributed by atoms with E-state index in [4.69, 9.17) is 0 Å². The van der Waals surface area contributed by atoms with E-state index in [1.165, 1.54) is 4.80 Å². The highest BCUT2D eigenvalue weighted by molar-refractivity contribution is 5.65. The van der Waals surface area contributed by atoms with Crippen molar-refractivity contribution in [2.45, 2.75) is 6.92 Å². The molecule has 0 saturated carbocycles. The average Bonchev–Trinajstić information content (AvgIpc) is 2.94. The van der Waals surface area contributed by atoms with Gasteiger partial charge in [0.1, 0.15) is 0 Å². The Hall–Kier alpha value is -2.56. The van der Waals surface area contributed by atoms with Crippen LogP contribution in [-0.2, 0) is 0 Å². The minimum atomic E-state index is 0.517. The molecular formula is C14H15N5. The normalized spacial score (nSPS) is 11.9. The molecule has 1 aromatic carbocycles. The molecule has 0 saturated heterocycles. The number of tetrazole rings is 1. The van der Waals surface area contributed by atoms with Gasteiger partial charge in [-0.1, -0.05) is 36.9 Å². The number of allylic oxidation sites excluding steroid dienone is 2. The van der Waals surface area contributed by atoms with Crippen LogP contribution < -0.4 is 0 Å². The molecule has 0 spiro atoms. The van der Waals surface area contributed by atoms with Gasteiger partial charge in [-0.25, -0.2) is 0 Å². The van der Waals surface area contributed by atoms with E-state index in [2.05, 4.69) is 27.0 Å². The number of aromatic nitrogens is 4. The Morgan fingerprint density at radius 2 is 2.16 bits per heavy atom. The topological polar surface area (TPSA) is 56.0 Å². The van der Waals surface area contributed by atoms with Crippen LogP contribution in [0.15, 0.2) is 54.1 Å². The first-order valence-electron chi connectivity index (χ1n) is 5.97. The van der Waals surface area contributed by atoms with E-state index in [-0.39, 0.29) is 0 Å². The quantitative estimate of drug-likeness (QED) is 0.607. The maximum Gasteiger partial charge on any atom is 0.203 e. The van der Waals surface area contributed by atoms with E-state index in [1.807, 2.05) is 43.3 Å². The molecule has 0 aliphatic carbocycles. The van der Waals surface area contributed by atoms with Gasteiger partial charge in [0, 0.05) is 5.57 Å². The van der Waals surface area contributed by atoms with Gasteiger partial charge in [0.25, 0.3) is 0 Å². The predicted octanol–water partition coefficient (Wildman–Crippen LogP) is 2.32. The Morgan fingerprint density at radius 3 is 2.84 bits per heavy atom. The fourth-order valence-corrected chi connectivity index (χ4v) is 1.54. The second kappa shape index (κ2) is 6.39. The molecule has 0 radical (unpaired) electrons. The van der Waals surface area contributed by atoms with Crippen LogP contribution in [0.2, 0.25) is 0 Å². The molecule has 96 valence electrons. The van der Waals surface area contributed by atoms with Crippen molar-refractivity contribution in [3.63, 3.8) is 0 Å². The molecule has 0 bridgehead atoms. The highest BCUT2D eigenvalue weighted by Crippen LogP contribution is 2.10. The third kappa shape index (κ3) is 3.22. The van der Waals surface area contributed by atoms with E-state index in [1.54, 1.807) is 12.3 Å². The van der Waals surface area contributed by atoms with Crippen molar-refractivity contribution in [2.75, 3.05) is 6.54 Å². The van der Waals surface area contributed by atoms with Gasteiger partial charge >= 0.3 is 0 Å². The molecule has 1 aromatic heterocycles. The van der Waals surface area contributed by atoms with E-state index in [9.17, 15) is 0 Å². The van der Waals surface area contributed by atoms with Crippen molar-refractivity contribution < 1.29 is 0 Å². The van der Waals surface area contributed by atoms with Crippen LogP contribution in [0, 0.1) is 0 Å². The first-order valence-corrected chi connectivity index (χ1v) is 5.97. The van der Waals surface area contributed by atoms with E-state index in [0.29, 0.717) is 12.4 Å².